The molecule has 14 heavy (non-hydrogen) atoms. The molecule has 0 amide bonds. The molecule has 5 heteroatoms. The SMILES string of the molecule is N=C(N=C(N)C=O)c1cccc(F)c1. The van der Waals surface area contributed by atoms with Gasteiger partial charge >= 0.3 is 0 Å². The van der Waals surface area contributed by atoms with Gasteiger partial charge in [-0.2, -0.15) is 0 Å². The Morgan fingerprint density at radius 2 is 2.29 bits per heavy atom. The monoisotopic (exact) mass is 193 g/mol. The summed E-state index contributed by atoms with van der Waals surface area (Å²) in [6.45, 7) is 0. The van der Waals surface area contributed by atoms with Crippen LogP contribution >= 0.6 is 0 Å². The molecule has 1 rings (SSSR count). The van der Waals surface area contributed by atoms with Crippen LogP contribution in [0.4, 0.5) is 4.39 Å². The minimum absolute atomic E-state index is 0.242. The molecular formula is C9H8FN3O. The summed E-state index contributed by atoms with van der Waals surface area (Å²) in [5, 5.41) is 7.37. The first kappa shape index (κ1) is 10.0. The molecule has 1 aromatic carbocycles. The largest absolute Gasteiger partial charge is 0.381 e. The average Bonchev–Trinajstić information content (AvgIpc) is 2.17. The standard InChI is InChI=1S/C9H8FN3O/c10-7-3-1-2-6(4-7)9(12)13-8(11)5-14/h1-5H,(H3,11,12,13). The number of amidine groups is 2. The first-order valence-electron chi connectivity index (χ1n) is 3.77. The normalized spacial score (nSPS) is 11.1. The molecule has 0 bridgehead atoms. The maximum Gasteiger partial charge on any atom is 0.184 e. The third-order valence-corrected chi connectivity index (χ3v) is 1.46. The second kappa shape index (κ2) is 4.27. The van der Waals surface area contributed by atoms with Crippen LogP contribution in [0.25, 0.3) is 0 Å². The topological polar surface area (TPSA) is 79.3 Å². The van der Waals surface area contributed by atoms with Crippen LogP contribution in [0.2, 0.25) is 0 Å². The molecule has 3 N–H and O–H groups in total. The van der Waals surface area contributed by atoms with Crippen molar-refractivity contribution in [2.45, 2.75) is 0 Å². The lowest BCUT2D eigenvalue weighted by Crippen LogP contribution is -2.15. The molecule has 0 saturated heterocycles. The number of benzene rings is 1. The van der Waals surface area contributed by atoms with Crippen molar-refractivity contribution < 1.29 is 9.18 Å². The number of nitrogens with two attached hydrogens (primary N) is 1. The summed E-state index contributed by atoms with van der Waals surface area (Å²) in [6.07, 6.45) is 0.327. The number of aldehydes is 1. The number of halogens is 1. The molecule has 0 unspecified atom stereocenters. The van der Waals surface area contributed by atoms with E-state index in [-0.39, 0.29) is 17.2 Å². The maximum atomic E-state index is 12.7. The summed E-state index contributed by atoms with van der Waals surface area (Å²) >= 11 is 0. The van der Waals surface area contributed by atoms with Gasteiger partial charge < -0.3 is 5.73 Å². The van der Waals surface area contributed by atoms with Gasteiger partial charge in [-0.1, -0.05) is 12.1 Å². The third kappa shape index (κ3) is 2.48. The number of hydrogen-bond donors (Lipinski definition) is 2. The minimum atomic E-state index is -0.466. The summed E-state index contributed by atoms with van der Waals surface area (Å²) in [5.74, 6) is -1.01. The summed E-state index contributed by atoms with van der Waals surface area (Å²) in [6, 6.07) is 5.35. The minimum Gasteiger partial charge on any atom is -0.381 e. The number of carbonyl (C=O) groups is 1. The highest BCUT2D eigenvalue weighted by molar-refractivity contribution is 6.29. The Hall–Kier alpha value is -2.04. The van der Waals surface area contributed by atoms with E-state index in [0.29, 0.717) is 6.29 Å². The molecule has 0 heterocycles. The number of carbonyl (C=O) groups excluding carboxylic acids is 1. The first-order valence-corrected chi connectivity index (χ1v) is 3.77. The first-order chi connectivity index (χ1) is 6.63. The van der Waals surface area contributed by atoms with Gasteiger partial charge in [0, 0.05) is 5.56 Å². The number of rotatable bonds is 2. The van der Waals surface area contributed by atoms with Crippen molar-refractivity contribution in [1.29, 1.82) is 5.41 Å². The molecule has 0 aliphatic carbocycles. The molecule has 0 atom stereocenters. The molecule has 0 aliphatic rings. The molecule has 4 nitrogen and oxygen atoms in total. The van der Waals surface area contributed by atoms with Gasteiger partial charge in [0.05, 0.1) is 0 Å². The molecule has 0 aromatic heterocycles. The Bertz CT molecular complexity index is 401. The third-order valence-electron chi connectivity index (χ3n) is 1.46. The van der Waals surface area contributed by atoms with E-state index in [1.807, 2.05) is 0 Å². The summed E-state index contributed by atoms with van der Waals surface area (Å²) in [4.78, 5) is 13.6. The maximum absolute atomic E-state index is 12.7. The summed E-state index contributed by atoms with van der Waals surface area (Å²) < 4.78 is 12.7. The van der Waals surface area contributed by atoms with Crippen LogP contribution in [0.15, 0.2) is 29.3 Å². The van der Waals surface area contributed by atoms with Crippen molar-refractivity contribution in [3.63, 3.8) is 0 Å². The Balaban J connectivity index is 2.96. The van der Waals surface area contributed by atoms with Gasteiger partial charge in [0.1, 0.15) is 5.82 Å². The van der Waals surface area contributed by atoms with Crippen molar-refractivity contribution >= 4 is 18.0 Å². The van der Waals surface area contributed by atoms with E-state index in [2.05, 4.69) is 4.99 Å². The van der Waals surface area contributed by atoms with E-state index in [1.54, 1.807) is 0 Å². The Morgan fingerprint density at radius 1 is 1.57 bits per heavy atom. The molecule has 72 valence electrons. The van der Waals surface area contributed by atoms with Gasteiger partial charge in [-0.15, -0.1) is 0 Å². The fourth-order valence-corrected chi connectivity index (χ4v) is 0.856. The second-order valence-corrected chi connectivity index (χ2v) is 2.51. The van der Waals surface area contributed by atoms with Crippen molar-refractivity contribution in [3.05, 3.63) is 35.6 Å². The lowest BCUT2D eigenvalue weighted by atomic mass is 10.2. The van der Waals surface area contributed by atoms with Crippen LogP contribution in [0, 0.1) is 11.2 Å². The summed E-state index contributed by atoms with van der Waals surface area (Å²) in [5.41, 5.74) is 5.37. The Kier molecular flexibility index (Phi) is 3.06. The number of aliphatic imine (C=N–C) groups is 1. The van der Waals surface area contributed by atoms with Crippen LogP contribution in [-0.4, -0.2) is 18.0 Å². The van der Waals surface area contributed by atoms with Gasteiger partial charge in [-0.3, -0.25) is 10.2 Å². The zero-order chi connectivity index (χ0) is 10.6. The highest BCUT2D eigenvalue weighted by Crippen LogP contribution is 2.04. The quantitative estimate of drug-likeness (QED) is 0.412. The predicted molar refractivity (Wildman–Crippen MR) is 50.9 cm³/mol. The lowest BCUT2D eigenvalue weighted by molar-refractivity contribution is -0.102. The fraction of sp³-hybridized carbons (Fsp3) is 0. The molecule has 0 saturated carbocycles. The summed E-state index contributed by atoms with van der Waals surface area (Å²) in [7, 11) is 0. The zero-order valence-corrected chi connectivity index (χ0v) is 7.20. The van der Waals surface area contributed by atoms with Crippen LogP contribution in [-0.2, 0) is 4.79 Å². The molecule has 0 spiro atoms. The number of nitrogens with one attached hydrogen (secondary N) is 1. The van der Waals surface area contributed by atoms with Gasteiger partial charge in [0.2, 0.25) is 0 Å². The van der Waals surface area contributed by atoms with Gasteiger partial charge in [-0.25, -0.2) is 9.38 Å². The van der Waals surface area contributed by atoms with Crippen LogP contribution in [0.1, 0.15) is 5.56 Å². The van der Waals surface area contributed by atoms with Crippen molar-refractivity contribution in [3.8, 4) is 0 Å². The van der Waals surface area contributed by atoms with Gasteiger partial charge in [-0.05, 0) is 12.1 Å². The van der Waals surface area contributed by atoms with E-state index in [0.717, 1.165) is 6.07 Å². The van der Waals surface area contributed by atoms with Crippen molar-refractivity contribution in [2.24, 2.45) is 10.7 Å². The van der Waals surface area contributed by atoms with E-state index in [9.17, 15) is 9.18 Å². The smallest absolute Gasteiger partial charge is 0.184 e. The lowest BCUT2D eigenvalue weighted by Gasteiger charge is -1.97. The average molecular weight is 193 g/mol. The molecule has 0 radical (unpaired) electrons. The highest BCUT2D eigenvalue weighted by Gasteiger charge is 2.01. The van der Waals surface area contributed by atoms with Crippen LogP contribution in [0.3, 0.4) is 0 Å². The van der Waals surface area contributed by atoms with Crippen LogP contribution in [0.5, 0.6) is 0 Å². The van der Waals surface area contributed by atoms with Gasteiger partial charge in [0.15, 0.2) is 18.0 Å². The van der Waals surface area contributed by atoms with E-state index >= 15 is 0 Å². The van der Waals surface area contributed by atoms with Crippen molar-refractivity contribution in [1.82, 2.24) is 0 Å². The predicted octanol–water partition coefficient (Wildman–Crippen LogP) is 0.707. The van der Waals surface area contributed by atoms with Gasteiger partial charge in [0.25, 0.3) is 0 Å². The Morgan fingerprint density at radius 3 is 2.86 bits per heavy atom. The molecule has 1 aromatic rings. The van der Waals surface area contributed by atoms with Crippen LogP contribution < -0.4 is 5.73 Å². The van der Waals surface area contributed by atoms with Crippen molar-refractivity contribution in [2.75, 3.05) is 0 Å². The fourth-order valence-electron chi connectivity index (χ4n) is 0.856. The number of hydrogen-bond acceptors (Lipinski definition) is 2. The number of nitrogens with zero attached hydrogens (tertiary/aromatic N) is 1. The Labute approximate surface area is 79.8 Å². The van der Waals surface area contributed by atoms with E-state index in [1.165, 1.54) is 18.2 Å². The van der Waals surface area contributed by atoms with E-state index < -0.39 is 5.82 Å². The van der Waals surface area contributed by atoms with E-state index in [4.69, 9.17) is 11.1 Å². The molecule has 0 fully saturated rings. The zero-order valence-electron chi connectivity index (χ0n) is 7.20. The molecule has 0 aliphatic heterocycles. The second-order valence-electron chi connectivity index (χ2n) is 2.51. The highest BCUT2D eigenvalue weighted by atomic mass is 19.1. The molecular weight excluding hydrogens is 185 g/mol.